The van der Waals surface area contributed by atoms with Crippen LogP contribution in [0.5, 0.6) is 0 Å². The van der Waals surface area contributed by atoms with E-state index in [1.165, 1.54) is 6.20 Å². The molecule has 1 heterocycles. The molecule has 18 heavy (non-hydrogen) atoms. The van der Waals surface area contributed by atoms with E-state index < -0.39 is 0 Å². The van der Waals surface area contributed by atoms with E-state index in [0.29, 0.717) is 17.9 Å². The smallest absolute Gasteiger partial charge is 0.162 e. The molecule has 6 heteroatoms. The topological polar surface area (TPSA) is 99.1 Å². The molecule has 0 radical (unpaired) electrons. The van der Waals surface area contributed by atoms with Crippen LogP contribution < -0.4 is 10.6 Å². The van der Waals surface area contributed by atoms with Gasteiger partial charge in [0.25, 0.3) is 0 Å². The first kappa shape index (κ1) is 14.4. The third-order valence-corrected chi connectivity index (χ3v) is 2.99. The number of nitrogens with two attached hydrogens (primary N) is 1. The number of nitrogen functional groups attached to an aromatic ring is 1. The van der Waals surface area contributed by atoms with Gasteiger partial charge in [0.2, 0.25) is 0 Å². The number of rotatable bonds is 7. The second kappa shape index (κ2) is 6.90. The molecule has 0 aliphatic rings. The summed E-state index contributed by atoms with van der Waals surface area (Å²) in [4.78, 5) is 1.98. The summed E-state index contributed by atoms with van der Waals surface area (Å²) in [7, 11) is 0. The van der Waals surface area contributed by atoms with Crippen molar-refractivity contribution in [1.82, 2.24) is 10.2 Å². The van der Waals surface area contributed by atoms with Gasteiger partial charge in [0, 0.05) is 12.6 Å². The third-order valence-electron chi connectivity index (χ3n) is 2.99. The van der Waals surface area contributed by atoms with E-state index >= 15 is 0 Å². The summed E-state index contributed by atoms with van der Waals surface area (Å²) in [6.07, 6.45) is 3.39. The number of nitrogens with one attached hydrogen (secondary N) is 1. The van der Waals surface area contributed by atoms with Crippen molar-refractivity contribution in [2.45, 2.75) is 32.7 Å². The van der Waals surface area contributed by atoms with Gasteiger partial charge in [-0.15, -0.1) is 5.10 Å². The maximum absolute atomic E-state index is 9.19. The van der Waals surface area contributed by atoms with Crippen molar-refractivity contribution in [1.29, 1.82) is 5.41 Å². The van der Waals surface area contributed by atoms with Gasteiger partial charge in [-0.25, -0.2) is 0 Å². The zero-order chi connectivity index (χ0) is 13.5. The monoisotopic (exact) mass is 251 g/mol. The van der Waals surface area contributed by atoms with Crippen LogP contribution in [-0.2, 0) is 0 Å². The van der Waals surface area contributed by atoms with Gasteiger partial charge < -0.3 is 15.7 Å². The number of hydrogen-bond donors (Lipinski definition) is 3. The highest BCUT2D eigenvalue weighted by atomic mass is 16.3. The zero-order valence-electron chi connectivity index (χ0n) is 10.9. The van der Waals surface area contributed by atoms with Crippen molar-refractivity contribution < 1.29 is 5.11 Å². The first-order valence-corrected chi connectivity index (χ1v) is 6.19. The van der Waals surface area contributed by atoms with E-state index in [1.807, 2.05) is 4.90 Å². The standard InChI is InChI=1S/C12H21N5O/c1-3-9(4-2)17(7-8-18)12-10(11(13)14)5-6-15-16-12/h5-6,9,18H,3-4,7-8H2,1-2H3,(H3,13,14). The van der Waals surface area contributed by atoms with E-state index in [-0.39, 0.29) is 18.5 Å². The first-order valence-electron chi connectivity index (χ1n) is 6.19. The Labute approximate surface area is 107 Å². The minimum Gasteiger partial charge on any atom is -0.395 e. The molecule has 0 aliphatic heterocycles. The quantitative estimate of drug-likeness (QED) is 0.490. The maximum Gasteiger partial charge on any atom is 0.162 e. The molecule has 0 amide bonds. The molecular formula is C12H21N5O. The van der Waals surface area contributed by atoms with Crippen LogP contribution in [-0.4, -0.2) is 40.3 Å². The summed E-state index contributed by atoms with van der Waals surface area (Å²) in [5, 5.41) is 24.7. The van der Waals surface area contributed by atoms with Crippen molar-refractivity contribution in [2.75, 3.05) is 18.1 Å². The molecule has 6 nitrogen and oxygen atoms in total. The lowest BCUT2D eigenvalue weighted by Crippen LogP contribution is -2.39. The van der Waals surface area contributed by atoms with Gasteiger partial charge in [-0.1, -0.05) is 13.8 Å². The van der Waals surface area contributed by atoms with Crippen LogP contribution >= 0.6 is 0 Å². The van der Waals surface area contributed by atoms with Crippen molar-refractivity contribution >= 4 is 11.7 Å². The molecule has 1 aromatic heterocycles. The van der Waals surface area contributed by atoms with Gasteiger partial charge in [-0.05, 0) is 18.9 Å². The lowest BCUT2D eigenvalue weighted by Gasteiger charge is -2.31. The Balaban J connectivity index is 3.16. The van der Waals surface area contributed by atoms with E-state index in [4.69, 9.17) is 11.1 Å². The van der Waals surface area contributed by atoms with Crippen molar-refractivity contribution in [3.05, 3.63) is 17.8 Å². The number of anilines is 1. The Morgan fingerprint density at radius 1 is 1.50 bits per heavy atom. The number of aliphatic hydroxyl groups is 1. The van der Waals surface area contributed by atoms with E-state index in [0.717, 1.165) is 12.8 Å². The minimum absolute atomic E-state index is 0.0322. The fraction of sp³-hybridized carbons (Fsp3) is 0.583. The fourth-order valence-electron chi connectivity index (χ4n) is 2.05. The summed E-state index contributed by atoms with van der Waals surface area (Å²) in [5.41, 5.74) is 6.12. The molecule has 1 aromatic rings. The third kappa shape index (κ3) is 3.16. The van der Waals surface area contributed by atoms with Crippen LogP contribution in [0.3, 0.4) is 0 Å². The second-order valence-electron chi connectivity index (χ2n) is 4.07. The lowest BCUT2D eigenvalue weighted by molar-refractivity contribution is 0.295. The van der Waals surface area contributed by atoms with Gasteiger partial charge in [-0.3, -0.25) is 5.41 Å². The molecule has 0 aliphatic carbocycles. The summed E-state index contributed by atoms with van der Waals surface area (Å²) < 4.78 is 0. The van der Waals surface area contributed by atoms with E-state index in [1.54, 1.807) is 6.07 Å². The van der Waals surface area contributed by atoms with Crippen LogP contribution in [0.15, 0.2) is 12.3 Å². The number of nitrogens with zero attached hydrogens (tertiary/aromatic N) is 3. The SMILES string of the molecule is CCC(CC)N(CCO)c1nnccc1C(=N)N. The second-order valence-corrected chi connectivity index (χ2v) is 4.07. The van der Waals surface area contributed by atoms with Crippen molar-refractivity contribution in [3.63, 3.8) is 0 Å². The lowest BCUT2D eigenvalue weighted by atomic mass is 10.1. The molecule has 1 rings (SSSR count). The molecule has 0 saturated heterocycles. The van der Waals surface area contributed by atoms with Gasteiger partial charge in [0.05, 0.1) is 18.4 Å². The Kier molecular flexibility index (Phi) is 5.51. The molecule has 0 atom stereocenters. The summed E-state index contributed by atoms with van der Waals surface area (Å²) in [6.45, 7) is 4.67. The molecule has 0 spiro atoms. The minimum atomic E-state index is -0.0335. The molecule has 4 N–H and O–H groups in total. The zero-order valence-corrected chi connectivity index (χ0v) is 10.9. The van der Waals surface area contributed by atoms with Crippen molar-refractivity contribution in [2.24, 2.45) is 5.73 Å². The average Bonchev–Trinajstić information content (AvgIpc) is 2.39. The Hall–Kier alpha value is -1.69. The number of amidine groups is 1. The van der Waals surface area contributed by atoms with E-state index in [2.05, 4.69) is 24.0 Å². The van der Waals surface area contributed by atoms with E-state index in [9.17, 15) is 5.11 Å². The van der Waals surface area contributed by atoms with Gasteiger partial charge in [-0.2, -0.15) is 5.10 Å². The van der Waals surface area contributed by atoms with Crippen LogP contribution in [0.2, 0.25) is 0 Å². The van der Waals surface area contributed by atoms with Crippen LogP contribution in [0.4, 0.5) is 5.82 Å². The molecule has 0 bridgehead atoms. The van der Waals surface area contributed by atoms with Gasteiger partial charge >= 0.3 is 0 Å². The van der Waals surface area contributed by atoms with Gasteiger partial charge in [0.1, 0.15) is 5.84 Å². The predicted molar refractivity (Wildman–Crippen MR) is 71.8 cm³/mol. The first-order chi connectivity index (χ1) is 8.65. The number of aromatic nitrogens is 2. The highest BCUT2D eigenvalue weighted by molar-refractivity contribution is 5.99. The highest BCUT2D eigenvalue weighted by Gasteiger charge is 2.20. The number of hydrogen-bond acceptors (Lipinski definition) is 5. The van der Waals surface area contributed by atoms with Crippen LogP contribution in [0.25, 0.3) is 0 Å². The summed E-state index contributed by atoms with van der Waals surface area (Å²) >= 11 is 0. The molecular weight excluding hydrogens is 230 g/mol. The predicted octanol–water partition coefficient (Wildman–Crippen LogP) is 0.748. The summed E-state index contributed by atoms with van der Waals surface area (Å²) in [5.74, 6) is 0.543. The normalized spacial score (nSPS) is 10.7. The van der Waals surface area contributed by atoms with Crippen LogP contribution in [0.1, 0.15) is 32.3 Å². The van der Waals surface area contributed by atoms with Crippen LogP contribution in [0, 0.1) is 5.41 Å². The van der Waals surface area contributed by atoms with Crippen molar-refractivity contribution in [3.8, 4) is 0 Å². The summed E-state index contributed by atoms with van der Waals surface area (Å²) in [6, 6.07) is 1.93. The Bertz CT molecular complexity index is 392. The molecule has 0 unspecified atom stereocenters. The average molecular weight is 251 g/mol. The maximum atomic E-state index is 9.19. The Morgan fingerprint density at radius 3 is 2.67 bits per heavy atom. The molecule has 0 fully saturated rings. The number of aliphatic hydroxyl groups excluding tert-OH is 1. The molecule has 0 aromatic carbocycles. The molecule has 100 valence electrons. The largest absolute Gasteiger partial charge is 0.395 e. The Morgan fingerprint density at radius 2 is 2.17 bits per heavy atom. The molecule has 0 saturated carbocycles. The van der Waals surface area contributed by atoms with Gasteiger partial charge in [0.15, 0.2) is 5.82 Å². The fourth-order valence-corrected chi connectivity index (χ4v) is 2.05. The highest BCUT2D eigenvalue weighted by Crippen LogP contribution is 2.21.